The number of carbonyl (C=O) groups is 2. The van der Waals surface area contributed by atoms with Crippen LogP contribution in [0, 0.1) is 6.92 Å². The van der Waals surface area contributed by atoms with E-state index >= 15 is 0 Å². The van der Waals surface area contributed by atoms with Gasteiger partial charge in [-0.3, -0.25) is 9.69 Å². The zero-order chi connectivity index (χ0) is 21.1. The molecule has 7 nitrogen and oxygen atoms in total. The van der Waals surface area contributed by atoms with Gasteiger partial charge in [0.25, 0.3) is 5.91 Å². The molecular formula is C22H21ClN4O3. The molecule has 4 rings (SSSR count). The van der Waals surface area contributed by atoms with Gasteiger partial charge in [-0.25, -0.2) is 4.79 Å². The molecule has 0 radical (unpaired) electrons. The summed E-state index contributed by atoms with van der Waals surface area (Å²) in [6.07, 6.45) is 1.33. The molecule has 2 aliphatic rings. The Hall–Kier alpha value is -3.32. The third kappa shape index (κ3) is 4.31. The molecule has 8 heteroatoms. The summed E-state index contributed by atoms with van der Waals surface area (Å²) in [5.74, 6) is -0.306. The van der Waals surface area contributed by atoms with Crippen molar-refractivity contribution in [3.05, 3.63) is 82.2 Å². The van der Waals surface area contributed by atoms with Crippen LogP contribution >= 0.6 is 11.6 Å². The lowest BCUT2D eigenvalue weighted by molar-refractivity contribution is -0.118. The van der Waals surface area contributed by atoms with Gasteiger partial charge in [-0.2, -0.15) is 0 Å². The second-order valence-electron chi connectivity index (χ2n) is 7.11. The van der Waals surface area contributed by atoms with Gasteiger partial charge in [-0.05, 0) is 35.7 Å². The molecule has 0 bridgehead atoms. The van der Waals surface area contributed by atoms with Gasteiger partial charge in [0, 0.05) is 31.2 Å². The number of carbonyl (C=O) groups excluding carboxylic acids is 2. The predicted octanol–water partition coefficient (Wildman–Crippen LogP) is 3.43. The molecule has 2 aromatic rings. The third-order valence-corrected chi connectivity index (χ3v) is 5.29. The summed E-state index contributed by atoms with van der Waals surface area (Å²) in [6.45, 7) is 3.62. The van der Waals surface area contributed by atoms with Crippen molar-refractivity contribution in [1.29, 1.82) is 0 Å². The Bertz CT molecular complexity index is 1050. The molecule has 2 aromatic carbocycles. The molecule has 2 heterocycles. The largest absolute Gasteiger partial charge is 0.431 e. The maximum absolute atomic E-state index is 12.7. The normalized spacial score (nSPS) is 15.7. The van der Waals surface area contributed by atoms with E-state index in [1.54, 1.807) is 21.9 Å². The molecule has 0 aromatic heterocycles. The van der Waals surface area contributed by atoms with Crippen LogP contribution in [0.5, 0.6) is 0 Å². The third-order valence-electron chi connectivity index (χ3n) is 5.05. The first-order valence-corrected chi connectivity index (χ1v) is 9.98. The summed E-state index contributed by atoms with van der Waals surface area (Å²) in [5, 5.41) is 3.46. The zero-order valence-electron chi connectivity index (χ0n) is 16.5. The van der Waals surface area contributed by atoms with Crippen LogP contribution in [0.3, 0.4) is 0 Å². The van der Waals surface area contributed by atoms with E-state index in [0.29, 0.717) is 36.9 Å². The molecule has 30 heavy (non-hydrogen) atoms. The van der Waals surface area contributed by atoms with Crippen LogP contribution < -0.4 is 5.32 Å². The monoisotopic (exact) mass is 424 g/mol. The van der Waals surface area contributed by atoms with Crippen LogP contribution in [0.1, 0.15) is 16.7 Å². The number of aryl methyl sites for hydroxylation is 1. The smallest absolute Gasteiger partial charge is 0.348 e. The average Bonchev–Trinajstić information content (AvgIpc) is 3.06. The van der Waals surface area contributed by atoms with Gasteiger partial charge >= 0.3 is 12.1 Å². The topological polar surface area (TPSA) is 74.2 Å². The summed E-state index contributed by atoms with van der Waals surface area (Å²) in [7, 11) is 0. The fourth-order valence-electron chi connectivity index (χ4n) is 3.35. The van der Waals surface area contributed by atoms with Crippen molar-refractivity contribution in [3.63, 3.8) is 0 Å². The lowest BCUT2D eigenvalue weighted by Crippen LogP contribution is -2.38. The number of hydrogen-bond donors (Lipinski definition) is 1. The second kappa shape index (κ2) is 8.59. The standard InChI is InChI=1S/C22H21ClN4O3/c1-15-5-2-3-7-17(15)13-26-9-10-27-19(14-30-22(27)25-21(26)29)20(28)24-12-16-6-4-8-18(23)11-16/h2-8,11,14H,9-10,12-13H2,1H3,(H,24,28). The lowest BCUT2D eigenvalue weighted by Gasteiger charge is -2.22. The molecule has 0 atom stereocenters. The molecule has 0 fully saturated rings. The minimum atomic E-state index is -0.385. The lowest BCUT2D eigenvalue weighted by atomic mass is 10.1. The van der Waals surface area contributed by atoms with Crippen LogP contribution in [0.25, 0.3) is 0 Å². The molecule has 2 aliphatic heterocycles. The SMILES string of the molecule is Cc1ccccc1CN1CCN2C(C(=O)NCc3cccc(Cl)c3)=COC2=NC1=O. The number of fused-ring (bicyclic) bond motifs is 1. The van der Waals surface area contributed by atoms with Gasteiger partial charge in [0.15, 0.2) is 0 Å². The maximum atomic E-state index is 12.7. The Labute approximate surface area is 179 Å². The number of benzene rings is 2. The first-order valence-electron chi connectivity index (χ1n) is 9.60. The summed E-state index contributed by atoms with van der Waals surface area (Å²) < 4.78 is 5.42. The number of nitrogens with zero attached hydrogens (tertiary/aromatic N) is 3. The molecule has 1 N–H and O–H groups in total. The highest BCUT2D eigenvalue weighted by Crippen LogP contribution is 2.21. The van der Waals surface area contributed by atoms with E-state index in [2.05, 4.69) is 10.3 Å². The number of aliphatic imine (C=N–C) groups is 1. The Morgan fingerprint density at radius 2 is 2.03 bits per heavy atom. The Morgan fingerprint density at radius 1 is 1.20 bits per heavy atom. The quantitative estimate of drug-likeness (QED) is 0.798. The summed E-state index contributed by atoms with van der Waals surface area (Å²) in [5.41, 5.74) is 3.38. The van der Waals surface area contributed by atoms with E-state index in [0.717, 1.165) is 16.7 Å². The van der Waals surface area contributed by atoms with Crippen molar-refractivity contribution in [1.82, 2.24) is 15.1 Å². The number of ether oxygens (including phenoxy) is 1. The highest BCUT2D eigenvalue weighted by molar-refractivity contribution is 6.30. The van der Waals surface area contributed by atoms with Gasteiger partial charge in [0.2, 0.25) is 0 Å². The van der Waals surface area contributed by atoms with E-state index < -0.39 is 0 Å². The molecule has 0 spiro atoms. The molecule has 0 aliphatic carbocycles. The first kappa shape index (κ1) is 20.0. The van der Waals surface area contributed by atoms with E-state index in [9.17, 15) is 9.59 Å². The van der Waals surface area contributed by atoms with Gasteiger partial charge in [-0.15, -0.1) is 4.99 Å². The van der Waals surface area contributed by atoms with E-state index in [1.165, 1.54) is 6.26 Å². The van der Waals surface area contributed by atoms with Crippen molar-refractivity contribution in [3.8, 4) is 0 Å². The van der Waals surface area contributed by atoms with Crippen molar-refractivity contribution in [2.75, 3.05) is 13.1 Å². The van der Waals surface area contributed by atoms with Crippen LogP contribution in [0.2, 0.25) is 5.02 Å². The van der Waals surface area contributed by atoms with Crippen molar-refractivity contribution in [2.45, 2.75) is 20.0 Å². The minimum absolute atomic E-state index is 0.125. The van der Waals surface area contributed by atoms with Crippen LogP contribution in [-0.4, -0.2) is 40.8 Å². The Kier molecular flexibility index (Phi) is 5.72. The van der Waals surface area contributed by atoms with Crippen LogP contribution in [-0.2, 0) is 22.6 Å². The number of amidine groups is 1. The summed E-state index contributed by atoms with van der Waals surface area (Å²) in [4.78, 5) is 32.6. The van der Waals surface area contributed by atoms with Gasteiger partial charge in [-0.1, -0.05) is 48.0 Å². The molecule has 154 valence electrons. The first-order chi connectivity index (χ1) is 14.5. The molecule has 0 unspecified atom stereocenters. The number of nitrogens with one attached hydrogen (secondary N) is 1. The van der Waals surface area contributed by atoms with E-state index in [1.807, 2.05) is 43.3 Å². The highest BCUT2D eigenvalue weighted by Gasteiger charge is 2.33. The van der Waals surface area contributed by atoms with Crippen LogP contribution in [0.15, 0.2) is 65.5 Å². The zero-order valence-corrected chi connectivity index (χ0v) is 17.2. The molecular weight excluding hydrogens is 404 g/mol. The fraction of sp³-hybridized carbons (Fsp3) is 0.227. The van der Waals surface area contributed by atoms with Crippen molar-refractivity contribution in [2.24, 2.45) is 4.99 Å². The molecule has 0 saturated carbocycles. The van der Waals surface area contributed by atoms with Gasteiger partial charge in [0.05, 0.1) is 0 Å². The predicted molar refractivity (Wildman–Crippen MR) is 114 cm³/mol. The maximum Gasteiger partial charge on any atom is 0.348 e. The number of rotatable bonds is 5. The number of hydrogen-bond acceptors (Lipinski definition) is 4. The number of urea groups is 1. The minimum Gasteiger partial charge on any atom is -0.431 e. The summed E-state index contributed by atoms with van der Waals surface area (Å²) in [6, 6.07) is 14.9. The van der Waals surface area contributed by atoms with Crippen molar-refractivity contribution >= 4 is 29.6 Å². The summed E-state index contributed by atoms with van der Waals surface area (Å²) >= 11 is 5.99. The van der Waals surface area contributed by atoms with Crippen LogP contribution in [0.4, 0.5) is 4.79 Å². The Balaban J connectivity index is 1.41. The average molecular weight is 425 g/mol. The van der Waals surface area contributed by atoms with Crippen molar-refractivity contribution < 1.29 is 14.3 Å². The van der Waals surface area contributed by atoms with E-state index in [-0.39, 0.29) is 18.0 Å². The van der Waals surface area contributed by atoms with Gasteiger partial charge in [0.1, 0.15) is 12.0 Å². The number of halogens is 1. The molecule has 0 saturated heterocycles. The highest BCUT2D eigenvalue weighted by atomic mass is 35.5. The fourth-order valence-corrected chi connectivity index (χ4v) is 3.56. The van der Waals surface area contributed by atoms with Gasteiger partial charge < -0.3 is 15.0 Å². The number of amides is 3. The Morgan fingerprint density at radius 3 is 2.83 bits per heavy atom. The van der Waals surface area contributed by atoms with E-state index in [4.69, 9.17) is 16.3 Å². The second-order valence-corrected chi connectivity index (χ2v) is 7.55. The molecule has 3 amide bonds.